The molecular weight excluding hydrogens is 374 g/mol. The summed E-state index contributed by atoms with van der Waals surface area (Å²) in [5.41, 5.74) is -0.244. The van der Waals surface area contributed by atoms with Crippen LogP contribution in [0.15, 0.2) is 18.2 Å². The van der Waals surface area contributed by atoms with E-state index in [0.717, 1.165) is 19.3 Å². The molecule has 2 saturated heterocycles. The highest BCUT2D eigenvalue weighted by atomic mass is 16.5. The number of benzene rings is 1. The van der Waals surface area contributed by atoms with Crippen LogP contribution < -0.4 is 14.8 Å². The number of fused-ring (bicyclic) bond motifs is 1. The Kier molecular flexibility index (Phi) is 5.10. The van der Waals surface area contributed by atoms with Crippen LogP contribution in [0.2, 0.25) is 0 Å². The zero-order chi connectivity index (χ0) is 20.6. The summed E-state index contributed by atoms with van der Waals surface area (Å²) in [5, 5.41) is 2.95. The second kappa shape index (κ2) is 7.57. The van der Waals surface area contributed by atoms with E-state index in [0.29, 0.717) is 49.7 Å². The van der Waals surface area contributed by atoms with Gasteiger partial charge >= 0.3 is 0 Å². The second-order valence-corrected chi connectivity index (χ2v) is 8.06. The summed E-state index contributed by atoms with van der Waals surface area (Å²) >= 11 is 0. The number of rotatable bonds is 2. The quantitative estimate of drug-likeness (QED) is 0.804. The number of nitrogens with one attached hydrogen (secondary N) is 1. The van der Waals surface area contributed by atoms with Gasteiger partial charge in [-0.05, 0) is 43.9 Å². The lowest BCUT2D eigenvalue weighted by atomic mass is 9.91. The van der Waals surface area contributed by atoms with Gasteiger partial charge in [-0.2, -0.15) is 0 Å². The fourth-order valence-electron chi connectivity index (χ4n) is 4.63. The van der Waals surface area contributed by atoms with Crippen molar-refractivity contribution in [3.63, 3.8) is 0 Å². The molecule has 156 valence electrons. The van der Waals surface area contributed by atoms with Crippen molar-refractivity contribution in [2.75, 3.05) is 33.3 Å². The van der Waals surface area contributed by atoms with Gasteiger partial charge in [0.25, 0.3) is 5.91 Å². The van der Waals surface area contributed by atoms with E-state index in [4.69, 9.17) is 9.47 Å². The van der Waals surface area contributed by atoms with E-state index in [9.17, 15) is 14.4 Å². The summed E-state index contributed by atoms with van der Waals surface area (Å²) in [6, 6.07) is 4.79. The lowest BCUT2D eigenvalue weighted by Crippen LogP contribution is -2.60. The van der Waals surface area contributed by atoms with Crippen LogP contribution in [0.4, 0.5) is 0 Å². The number of piperidine rings is 1. The maximum Gasteiger partial charge on any atom is 0.255 e. The number of amides is 3. The largest absolute Gasteiger partial charge is 0.497 e. The van der Waals surface area contributed by atoms with Gasteiger partial charge in [-0.15, -0.1) is 0 Å². The SMILES string of the molecule is COc1ccc2c(c1)C(=O)NCC1(CCCN(C(=O)C3CCCN3C(C)=O)C1)O2. The number of carbonyl (C=O) groups excluding carboxylic acids is 3. The molecule has 3 aliphatic heterocycles. The minimum atomic E-state index is -0.678. The summed E-state index contributed by atoms with van der Waals surface area (Å²) < 4.78 is 11.6. The molecule has 8 nitrogen and oxygen atoms in total. The van der Waals surface area contributed by atoms with E-state index >= 15 is 0 Å². The summed E-state index contributed by atoms with van der Waals surface area (Å²) in [6.45, 7) is 3.49. The first-order valence-corrected chi connectivity index (χ1v) is 10.1. The van der Waals surface area contributed by atoms with Crippen LogP contribution in [0.1, 0.15) is 43.0 Å². The first kappa shape index (κ1) is 19.5. The zero-order valence-electron chi connectivity index (χ0n) is 16.9. The van der Waals surface area contributed by atoms with Gasteiger partial charge in [0.2, 0.25) is 11.8 Å². The van der Waals surface area contributed by atoms with Gasteiger partial charge in [-0.3, -0.25) is 14.4 Å². The fourth-order valence-corrected chi connectivity index (χ4v) is 4.63. The molecule has 0 saturated carbocycles. The van der Waals surface area contributed by atoms with Gasteiger partial charge in [0.1, 0.15) is 23.1 Å². The third kappa shape index (κ3) is 3.63. The highest BCUT2D eigenvalue weighted by Crippen LogP contribution is 2.34. The molecule has 1 aromatic rings. The summed E-state index contributed by atoms with van der Waals surface area (Å²) in [7, 11) is 1.55. The van der Waals surface area contributed by atoms with Gasteiger partial charge < -0.3 is 24.6 Å². The molecule has 2 fully saturated rings. The maximum atomic E-state index is 13.2. The van der Waals surface area contributed by atoms with Gasteiger partial charge in [-0.1, -0.05) is 0 Å². The van der Waals surface area contributed by atoms with E-state index in [1.54, 1.807) is 35.1 Å². The monoisotopic (exact) mass is 401 g/mol. The van der Waals surface area contributed by atoms with E-state index in [2.05, 4.69) is 5.32 Å². The molecule has 4 rings (SSSR count). The third-order valence-electron chi connectivity index (χ3n) is 6.12. The molecular formula is C21H27N3O5. The molecule has 2 unspecified atom stereocenters. The third-order valence-corrected chi connectivity index (χ3v) is 6.12. The van der Waals surface area contributed by atoms with Crippen LogP contribution >= 0.6 is 0 Å². The molecule has 0 aromatic heterocycles. The minimum Gasteiger partial charge on any atom is -0.497 e. The lowest BCUT2D eigenvalue weighted by molar-refractivity contribution is -0.146. The minimum absolute atomic E-state index is 0.0223. The first-order chi connectivity index (χ1) is 13.9. The predicted molar refractivity (Wildman–Crippen MR) is 105 cm³/mol. The Morgan fingerprint density at radius 2 is 2.10 bits per heavy atom. The predicted octanol–water partition coefficient (Wildman–Crippen LogP) is 1.19. The van der Waals surface area contributed by atoms with Crippen molar-refractivity contribution in [3.05, 3.63) is 23.8 Å². The molecule has 0 bridgehead atoms. The van der Waals surface area contributed by atoms with E-state index in [1.165, 1.54) is 6.92 Å². The number of carbonyl (C=O) groups is 3. The maximum absolute atomic E-state index is 13.2. The van der Waals surface area contributed by atoms with E-state index in [1.807, 2.05) is 0 Å². The van der Waals surface area contributed by atoms with Crippen molar-refractivity contribution in [3.8, 4) is 11.5 Å². The average molecular weight is 401 g/mol. The summed E-state index contributed by atoms with van der Waals surface area (Å²) in [4.78, 5) is 41.1. The van der Waals surface area contributed by atoms with Gasteiger partial charge in [0, 0.05) is 20.0 Å². The number of hydrogen-bond acceptors (Lipinski definition) is 5. The zero-order valence-corrected chi connectivity index (χ0v) is 16.9. The molecule has 3 heterocycles. The molecule has 1 spiro atoms. The number of ether oxygens (including phenoxy) is 2. The Labute approximate surface area is 170 Å². The van der Waals surface area contributed by atoms with Gasteiger partial charge in [-0.25, -0.2) is 0 Å². The normalized spacial score (nSPS) is 26.4. The van der Waals surface area contributed by atoms with Crippen molar-refractivity contribution >= 4 is 17.7 Å². The smallest absolute Gasteiger partial charge is 0.255 e. The molecule has 3 amide bonds. The molecule has 2 atom stereocenters. The van der Waals surface area contributed by atoms with Crippen molar-refractivity contribution in [1.29, 1.82) is 0 Å². The second-order valence-electron chi connectivity index (χ2n) is 8.06. The van der Waals surface area contributed by atoms with Crippen molar-refractivity contribution in [1.82, 2.24) is 15.1 Å². The summed E-state index contributed by atoms with van der Waals surface area (Å²) in [5.74, 6) is 0.794. The number of hydrogen-bond donors (Lipinski definition) is 1. The Hall–Kier alpha value is -2.77. The van der Waals surface area contributed by atoms with Crippen LogP contribution in [0, 0.1) is 0 Å². The van der Waals surface area contributed by atoms with Crippen LogP contribution in [0.5, 0.6) is 11.5 Å². The number of nitrogens with zero attached hydrogens (tertiary/aromatic N) is 2. The first-order valence-electron chi connectivity index (χ1n) is 10.1. The van der Waals surface area contributed by atoms with Crippen LogP contribution in [0.25, 0.3) is 0 Å². The summed E-state index contributed by atoms with van der Waals surface area (Å²) in [6.07, 6.45) is 3.06. The highest BCUT2D eigenvalue weighted by molar-refractivity contribution is 5.97. The Balaban J connectivity index is 1.56. The van der Waals surface area contributed by atoms with Crippen molar-refractivity contribution in [2.45, 2.75) is 44.2 Å². The highest BCUT2D eigenvalue weighted by Gasteiger charge is 2.44. The lowest BCUT2D eigenvalue weighted by Gasteiger charge is -2.43. The standard InChI is InChI=1S/C21H27N3O5/c1-14(25)24-10-3-5-17(24)20(27)23-9-4-8-21(13-23)12-22-19(26)16-11-15(28-2)6-7-18(16)29-21/h6-7,11,17H,3-5,8-10,12-13H2,1-2H3,(H,22,26). The number of likely N-dealkylation sites (tertiary alicyclic amines) is 2. The van der Waals surface area contributed by atoms with Gasteiger partial charge in [0.05, 0.1) is 25.8 Å². The van der Waals surface area contributed by atoms with Crippen molar-refractivity contribution < 1.29 is 23.9 Å². The molecule has 29 heavy (non-hydrogen) atoms. The van der Waals surface area contributed by atoms with Crippen LogP contribution in [-0.4, -0.2) is 72.5 Å². The average Bonchev–Trinajstić information content (AvgIpc) is 3.18. The fraction of sp³-hybridized carbons (Fsp3) is 0.571. The molecule has 0 aliphatic carbocycles. The van der Waals surface area contributed by atoms with E-state index in [-0.39, 0.29) is 23.8 Å². The molecule has 3 aliphatic rings. The Morgan fingerprint density at radius 1 is 1.28 bits per heavy atom. The molecule has 8 heteroatoms. The number of methoxy groups -OCH3 is 1. The Bertz CT molecular complexity index is 842. The van der Waals surface area contributed by atoms with Crippen molar-refractivity contribution in [2.24, 2.45) is 0 Å². The van der Waals surface area contributed by atoms with Crippen LogP contribution in [-0.2, 0) is 9.59 Å². The van der Waals surface area contributed by atoms with E-state index < -0.39 is 5.60 Å². The van der Waals surface area contributed by atoms with Gasteiger partial charge in [0.15, 0.2) is 0 Å². The van der Waals surface area contributed by atoms with Crippen LogP contribution in [0.3, 0.4) is 0 Å². The molecule has 1 N–H and O–H groups in total. The molecule has 0 radical (unpaired) electrons. The topological polar surface area (TPSA) is 88.2 Å². The molecule has 1 aromatic carbocycles. The Morgan fingerprint density at radius 3 is 2.86 bits per heavy atom.